The molecule has 0 aromatic heterocycles. The van der Waals surface area contributed by atoms with Crippen molar-refractivity contribution in [2.24, 2.45) is 0 Å². The van der Waals surface area contributed by atoms with E-state index in [-0.39, 0.29) is 31.3 Å². The maximum Gasteiger partial charge on any atom is 0.242 e. The lowest BCUT2D eigenvalue weighted by atomic mass is 10.1. The van der Waals surface area contributed by atoms with Gasteiger partial charge in [-0.1, -0.05) is 23.7 Å². The average molecular weight is 354 g/mol. The molecular weight excluding hydrogens is 334 g/mol. The van der Waals surface area contributed by atoms with Gasteiger partial charge in [-0.2, -0.15) is 0 Å². The summed E-state index contributed by atoms with van der Waals surface area (Å²) >= 11 is 5.78. The van der Waals surface area contributed by atoms with Gasteiger partial charge in [-0.05, 0) is 17.7 Å². The third-order valence-corrected chi connectivity index (χ3v) is 3.78. The largest absolute Gasteiger partial charge is 0.378 e. The summed E-state index contributed by atoms with van der Waals surface area (Å²) in [5, 5.41) is 5.62. The van der Waals surface area contributed by atoms with Crippen LogP contribution in [0.5, 0.6) is 0 Å². The molecule has 1 aromatic carbocycles. The van der Waals surface area contributed by atoms with Crippen LogP contribution in [-0.2, 0) is 25.5 Å². The number of benzene rings is 1. The summed E-state index contributed by atoms with van der Waals surface area (Å²) in [6.45, 7) is 1.86. The maximum atomic E-state index is 11.9. The number of carbonyl (C=O) groups is 3. The summed E-state index contributed by atoms with van der Waals surface area (Å²) in [6.07, 6.45) is 0.164. The highest BCUT2D eigenvalue weighted by Gasteiger charge is 2.17. The molecule has 0 unspecified atom stereocenters. The lowest BCUT2D eigenvalue weighted by molar-refractivity contribution is -0.136. The minimum Gasteiger partial charge on any atom is -0.378 e. The summed E-state index contributed by atoms with van der Waals surface area (Å²) in [5.74, 6) is -0.827. The van der Waals surface area contributed by atoms with E-state index in [1.165, 1.54) is 0 Å². The molecule has 1 aliphatic rings. The van der Waals surface area contributed by atoms with Gasteiger partial charge < -0.3 is 20.3 Å². The van der Waals surface area contributed by atoms with Gasteiger partial charge in [0, 0.05) is 18.1 Å². The van der Waals surface area contributed by atoms with Gasteiger partial charge >= 0.3 is 0 Å². The molecule has 1 heterocycles. The van der Waals surface area contributed by atoms with Crippen LogP contribution in [0.2, 0.25) is 5.02 Å². The Morgan fingerprint density at radius 1 is 1.00 bits per heavy atom. The zero-order valence-corrected chi connectivity index (χ0v) is 14.0. The van der Waals surface area contributed by atoms with Gasteiger partial charge in [-0.25, -0.2) is 0 Å². The molecular formula is C16H20ClN3O4. The summed E-state index contributed by atoms with van der Waals surface area (Å²) in [4.78, 5) is 37.0. The smallest absolute Gasteiger partial charge is 0.242 e. The molecule has 2 rings (SSSR count). The highest BCUT2D eigenvalue weighted by molar-refractivity contribution is 6.30. The molecule has 0 atom stereocenters. The van der Waals surface area contributed by atoms with Crippen LogP contribution in [0.3, 0.4) is 0 Å². The molecule has 0 aliphatic carbocycles. The third-order valence-electron chi connectivity index (χ3n) is 3.52. The number of nitrogens with one attached hydrogen (secondary N) is 2. The highest BCUT2D eigenvalue weighted by atomic mass is 35.5. The third kappa shape index (κ3) is 6.17. The van der Waals surface area contributed by atoms with Crippen LogP contribution in [0.15, 0.2) is 24.3 Å². The van der Waals surface area contributed by atoms with Gasteiger partial charge in [0.15, 0.2) is 0 Å². The summed E-state index contributed by atoms with van der Waals surface area (Å²) in [5.41, 5.74) is 0.805. The molecule has 130 valence electrons. The molecule has 7 nitrogen and oxygen atoms in total. The second-order valence-electron chi connectivity index (χ2n) is 5.35. The first-order valence-electron chi connectivity index (χ1n) is 7.68. The molecule has 1 aliphatic heterocycles. The minimum atomic E-state index is -0.402. The first kappa shape index (κ1) is 18.2. The Balaban J connectivity index is 1.64. The fourth-order valence-corrected chi connectivity index (χ4v) is 2.32. The average Bonchev–Trinajstić information content (AvgIpc) is 2.60. The second-order valence-corrected chi connectivity index (χ2v) is 5.79. The van der Waals surface area contributed by atoms with Crippen molar-refractivity contribution >= 4 is 29.3 Å². The normalized spacial score (nSPS) is 14.1. The van der Waals surface area contributed by atoms with Crippen LogP contribution < -0.4 is 10.6 Å². The van der Waals surface area contributed by atoms with Crippen molar-refractivity contribution in [2.75, 3.05) is 39.4 Å². The number of amides is 3. The predicted octanol–water partition coefficient (Wildman–Crippen LogP) is -0.0263. The Bertz CT molecular complexity index is 585. The van der Waals surface area contributed by atoms with Crippen LogP contribution in [0.25, 0.3) is 0 Å². The molecule has 3 amide bonds. The van der Waals surface area contributed by atoms with Gasteiger partial charge in [0.05, 0.1) is 32.7 Å². The van der Waals surface area contributed by atoms with Gasteiger partial charge in [-0.15, -0.1) is 0 Å². The number of hydrogen-bond acceptors (Lipinski definition) is 4. The van der Waals surface area contributed by atoms with Crippen LogP contribution in [0.1, 0.15) is 5.56 Å². The SMILES string of the molecule is O=C(CNC(=O)Cc1ccc(Cl)cc1)NCC(=O)N1CCOCC1. The van der Waals surface area contributed by atoms with Gasteiger partial charge in [0.1, 0.15) is 0 Å². The van der Waals surface area contributed by atoms with Gasteiger partial charge in [0.25, 0.3) is 0 Å². The monoisotopic (exact) mass is 353 g/mol. The van der Waals surface area contributed by atoms with Crippen molar-refractivity contribution in [3.63, 3.8) is 0 Å². The number of carbonyl (C=O) groups excluding carboxylic acids is 3. The van der Waals surface area contributed by atoms with Crippen molar-refractivity contribution < 1.29 is 19.1 Å². The number of halogens is 1. The molecule has 1 fully saturated rings. The molecule has 2 N–H and O–H groups in total. The van der Waals surface area contributed by atoms with E-state index in [1.807, 2.05) is 0 Å². The molecule has 0 radical (unpaired) electrons. The topological polar surface area (TPSA) is 87.7 Å². The number of rotatable bonds is 6. The predicted molar refractivity (Wildman–Crippen MR) is 88.6 cm³/mol. The molecule has 0 bridgehead atoms. The Morgan fingerprint density at radius 3 is 2.29 bits per heavy atom. The molecule has 24 heavy (non-hydrogen) atoms. The van der Waals surface area contributed by atoms with E-state index in [9.17, 15) is 14.4 Å². The Labute approximate surface area is 145 Å². The second kappa shape index (κ2) is 9.24. The summed E-state index contributed by atoms with van der Waals surface area (Å²) < 4.78 is 5.16. The fourth-order valence-electron chi connectivity index (χ4n) is 2.19. The van der Waals surface area contributed by atoms with Gasteiger partial charge in [0.2, 0.25) is 17.7 Å². The number of ether oxygens (including phenoxy) is 1. The Hall–Kier alpha value is -2.12. The van der Waals surface area contributed by atoms with Crippen molar-refractivity contribution in [3.05, 3.63) is 34.9 Å². The molecule has 0 saturated carbocycles. The van der Waals surface area contributed by atoms with E-state index in [0.717, 1.165) is 5.56 Å². The molecule has 1 aromatic rings. The first-order valence-corrected chi connectivity index (χ1v) is 8.06. The minimum absolute atomic E-state index is 0.0775. The van der Waals surface area contributed by atoms with Crippen molar-refractivity contribution in [1.82, 2.24) is 15.5 Å². The lowest BCUT2D eigenvalue weighted by Gasteiger charge is -2.26. The van der Waals surface area contributed by atoms with E-state index in [0.29, 0.717) is 31.3 Å². The number of hydrogen-bond donors (Lipinski definition) is 2. The van der Waals surface area contributed by atoms with E-state index < -0.39 is 5.91 Å². The van der Waals surface area contributed by atoms with Crippen molar-refractivity contribution in [3.8, 4) is 0 Å². The zero-order chi connectivity index (χ0) is 17.4. The highest BCUT2D eigenvalue weighted by Crippen LogP contribution is 2.09. The molecule has 1 saturated heterocycles. The molecule has 0 spiro atoms. The van der Waals surface area contributed by atoms with E-state index in [2.05, 4.69) is 10.6 Å². The quantitative estimate of drug-likeness (QED) is 0.752. The van der Waals surface area contributed by atoms with E-state index >= 15 is 0 Å². The van der Waals surface area contributed by atoms with Crippen LogP contribution in [0.4, 0.5) is 0 Å². The van der Waals surface area contributed by atoms with Gasteiger partial charge in [-0.3, -0.25) is 14.4 Å². The zero-order valence-electron chi connectivity index (χ0n) is 13.2. The Kier molecular flexibility index (Phi) is 7.02. The van der Waals surface area contributed by atoms with Crippen LogP contribution in [-0.4, -0.2) is 62.0 Å². The first-order chi connectivity index (χ1) is 11.5. The van der Waals surface area contributed by atoms with Crippen molar-refractivity contribution in [2.45, 2.75) is 6.42 Å². The van der Waals surface area contributed by atoms with Crippen LogP contribution in [0, 0.1) is 0 Å². The number of morpholine rings is 1. The molecule has 8 heteroatoms. The summed E-state index contributed by atoms with van der Waals surface area (Å²) in [7, 11) is 0. The van der Waals surface area contributed by atoms with Crippen LogP contribution >= 0.6 is 11.6 Å². The maximum absolute atomic E-state index is 11.9. The van der Waals surface area contributed by atoms with E-state index in [1.54, 1.807) is 29.2 Å². The fraction of sp³-hybridized carbons (Fsp3) is 0.438. The Morgan fingerprint density at radius 2 is 1.62 bits per heavy atom. The standard InChI is InChI=1S/C16H20ClN3O4/c17-13-3-1-12(2-4-13)9-14(21)18-10-15(22)19-11-16(23)20-5-7-24-8-6-20/h1-4H,5-11H2,(H,18,21)(H,19,22). The number of nitrogens with zero attached hydrogens (tertiary/aromatic N) is 1. The van der Waals surface area contributed by atoms with Crippen molar-refractivity contribution in [1.29, 1.82) is 0 Å². The lowest BCUT2D eigenvalue weighted by Crippen LogP contribution is -2.47. The summed E-state index contributed by atoms with van der Waals surface area (Å²) in [6, 6.07) is 6.91. The van der Waals surface area contributed by atoms with E-state index in [4.69, 9.17) is 16.3 Å².